The minimum Gasteiger partial charge on any atom is -0.0616 e. The lowest BCUT2D eigenvalue weighted by atomic mass is 9.79. The Hall–Kier alpha value is -6.24. The molecule has 0 bridgehead atoms. The first-order chi connectivity index (χ1) is 25.1. The lowest BCUT2D eigenvalue weighted by molar-refractivity contribution is 0.666. The van der Waals surface area contributed by atoms with Crippen LogP contribution in [0.1, 0.15) is 25.0 Å². The average molecular weight is 647 g/mol. The summed E-state index contributed by atoms with van der Waals surface area (Å²) in [6.45, 7) is 4.84. The van der Waals surface area contributed by atoms with E-state index >= 15 is 0 Å². The number of benzene rings is 10. The van der Waals surface area contributed by atoms with Gasteiger partial charge in [0.15, 0.2) is 0 Å². The van der Waals surface area contributed by atoms with Crippen molar-refractivity contribution in [3.8, 4) is 33.4 Å². The highest BCUT2D eigenvalue weighted by Crippen LogP contribution is 2.58. The molecule has 0 fully saturated rings. The molecule has 0 heteroatoms. The third-order valence-corrected chi connectivity index (χ3v) is 11.8. The summed E-state index contributed by atoms with van der Waals surface area (Å²) in [5.74, 6) is 0. The lowest BCUT2D eigenvalue weighted by Gasteiger charge is -2.24. The molecule has 0 nitrogen and oxygen atoms in total. The molecule has 0 amide bonds. The molecule has 10 aromatic carbocycles. The molecule has 0 N–H and O–H groups in total. The SMILES string of the molecule is CC1(C)c2cccc(-c3c4ccccc4c(-c4ccc5ccc6ccccc6c5c4)c4ccccc34)c2-c2c1c1ccccc1c1ccccc21. The normalized spacial score (nSPS) is 13.5. The van der Waals surface area contributed by atoms with Gasteiger partial charge >= 0.3 is 0 Å². The summed E-state index contributed by atoms with van der Waals surface area (Å²) < 4.78 is 0. The number of rotatable bonds is 2. The second-order valence-corrected chi connectivity index (χ2v) is 14.8. The van der Waals surface area contributed by atoms with Gasteiger partial charge < -0.3 is 0 Å². The fraction of sp³-hybridized carbons (Fsp3) is 0.0588. The van der Waals surface area contributed by atoms with Crippen molar-refractivity contribution in [2.45, 2.75) is 19.3 Å². The van der Waals surface area contributed by atoms with Crippen LogP contribution in [0.4, 0.5) is 0 Å². The van der Waals surface area contributed by atoms with Crippen LogP contribution in [-0.2, 0) is 5.41 Å². The van der Waals surface area contributed by atoms with Crippen molar-refractivity contribution in [3.05, 3.63) is 181 Å². The Morgan fingerprint density at radius 1 is 0.314 bits per heavy atom. The maximum atomic E-state index is 2.42. The predicted octanol–water partition coefficient (Wildman–Crippen LogP) is 14.2. The van der Waals surface area contributed by atoms with Crippen molar-refractivity contribution in [1.82, 2.24) is 0 Å². The molecule has 0 aliphatic heterocycles. The van der Waals surface area contributed by atoms with Crippen LogP contribution in [0.25, 0.3) is 98.0 Å². The summed E-state index contributed by atoms with van der Waals surface area (Å²) in [5.41, 5.74) is 10.6. The second-order valence-electron chi connectivity index (χ2n) is 14.8. The lowest BCUT2D eigenvalue weighted by Crippen LogP contribution is -2.15. The predicted molar refractivity (Wildman–Crippen MR) is 220 cm³/mol. The van der Waals surface area contributed by atoms with Crippen LogP contribution in [0.15, 0.2) is 170 Å². The molecule has 0 spiro atoms. The maximum Gasteiger partial charge on any atom is 0.0165 e. The summed E-state index contributed by atoms with van der Waals surface area (Å²) in [6, 6.07) is 63.5. The Balaban J connectivity index is 1.27. The zero-order valence-electron chi connectivity index (χ0n) is 28.7. The molecule has 0 saturated carbocycles. The van der Waals surface area contributed by atoms with Gasteiger partial charge in [0.1, 0.15) is 0 Å². The summed E-state index contributed by atoms with van der Waals surface area (Å²) in [7, 11) is 0. The number of hydrogen-bond acceptors (Lipinski definition) is 0. The topological polar surface area (TPSA) is 0 Å². The molecule has 10 aromatic rings. The molecule has 0 saturated heterocycles. The van der Waals surface area contributed by atoms with E-state index in [9.17, 15) is 0 Å². The van der Waals surface area contributed by atoms with E-state index in [1.807, 2.05) is 0 Å². The van der Waals surface area contributed by atoms with Gasteiger partial charge in [0.25, 0.3) is 0 Å². The highest BCUT2D eigenvalue weighted by atomic mass is 14.4. The molecule has 0 heterocycles. The first-order valence-electron chi connectivity index (χ1n) is 18.0. The first kappa shape index (κ1) is 28.6. The van der Waals surface area contributed by atoms with Crippen LogP contribution in [0.5, 0.6) is 0 Å². The van der Waals surface area contributed by atoms with Gasteiger partial charge in [-0.3, -0.25) is 0 Å². The largest absolute Gasteiger partial charge is 0.0616 e. The zero-order valence-corrected chi connectivity index (χ0v) is 28.7. The third kappa shape index (κ3) is 3.85. The van der Waals surface area contributed by atoms with Crippen molar-refractivity contribution >= 4 is 64.6 Å². The van der Waals surface area contributed by atoms with Crippen LogP contribution < -0.4 is 0 Å². The number of fused-ring (bicyclic) bond motifs is 13. The summed E-state index contributed by atoms with van der Waals surface area (Å²) in [5, 5.41) is 15.6. The van der Waals surface area contributed by atoms with Crippen LogP contribution >= 0.6 is 0 Å². The van der Waals surface area contributed by atoms with Crippen LogP contribution in [0.3, 0.4) is 0 Å². The van der Waals surface area contributed by atoms with E-state index in [0.717, 1.165) is 0 Å². The van der Waals surface area contributed by atoms with Gasteiger partial charge in [0.05, 0.1) is 0 Å². The molecule has 0 unspecified atom stereocenters. The Bertz CT molecular complexity index is 3050. The van der Waals surface area contributed by atoms with E-state index in [4.69, 9.17) is 0 Å². The Morgan fingerprint density at radius 3 is 1.43 bits per heavy atom. The van der Waals surface area contributed by atoms with Crippen LogP contribution in [0.2, 0.25) is 0 Å². The smallest absolute Gasteiger partial charge is 0.0165 e. The molecule has 1 aliphatic rings. The Labute approximate surface area is 297 Å². The van der Waals surface area contributed by atoms with Crippen LogP contribution in [-0.4, -0.2) is 0 Å². The van der Waals surface area contributed by atoms with E-state index in [2.05, 4.69) is 184 Å². The van der Waals surface area contributed by atoms with Gasteiger partial charge in [-0.2, -0.15) is 0 Å². The Kier molecular flexibility index (Phi) is 5.82. The maximum absolute atomic E-state index is 2.42. The van der Waals surface area contributed by atoms with E-state index in [1.165, 1.54) is 109 Å². The van der Waals surface area contributed by atoms with E-state index in [-0.39, 0.29) is 5.41 Å². The first-order valence-corrected chi connectivity index (χ1v) is 18.0. The van der Waals surface area contributed by atoms with Gasteiger partial charge in [-0.05, 0) is 115 Å². The van der Waals surface area contributed by atoms with E-state index < -0.39 is 0 Å². The van der Waals surface area contributed by atoms with Crippen molar-refractivity contribution in [2.24, 2.45) is 0 Å². The summed E-state index contributed by atoms with van der Waals surface area (Å²) >= 11 is 0. The number of hydrogen-bond donors (Lipinski definition) is 0. The van der Waals surface area contributed by atoms with Gasteiger partial charge in [-0.1, -0.05) is 178 Å². The van der Waals surface area contributed by atoms with Gasteiger partial charge in [-0.25, -0.2) is 0 Å². The minimum atomic E-state index is -0.163. The van der Waals surface area contributed by atoms with Crippen molar-refractivity contribution in [1.29, 1.82) is 0 Å². The Morgan fingerprint density at radius 2 is 0.784 bits per heavy atom. The van der Waals surface area contributed by atoms with Crippen molar-refractivity contribution in [3.63, 3.8) is 0 Å². The van der Waals surface area contributed by atoms with E-state index in [1.54, 1.807) is 0 Å². The van der Waals surface area contributed by atoms with Gasteiger partial charge in [0, 0.05) is 5.41 Å². The molecule has 11 rings (SSSR count). The molecule has 0 radical (unpaired) electrons. The average Bonchev–Trinajstić information content (AvgIpc) is 3.44. The fourth-order valence-electron chi connectivity index (χ4n) is 9.62. The summed E-state index contributed by atoms with van der Waals surface area (Å²) in [6.07, 6.45) is 0. The highest BCUT2D eigenvalue weighted by molar-refractivity contribution is 6.25. The van der Waals surface area contributed by atoms with Crippen LogP contribution in [0, 0.1) is 0 Å². The molecule has 51 heavy (non-hydrogen) atoms. The molecular formula is C51H34. The van der Waals surface area contributed by atoms with Gasteiger partial charge in [-0.15, -0.1) is 0 Å². The monoisotopic (exact) mass is 646 g/mol. The molecular weight excluding hydrogens is 613 g/mol. The van der Waals surface area contributed by atoms with Gasteiger partial charge in [0.2, 0.25) is 0 Å². The van der Waals surface area contributed by atoms with E-state index in [0.29, 0.717) is 0 Å². The van der Waals surface area contributed by atoms with Crippen molar-refractivity contribution < 1.29 is 0 Å². The zero-order chi connectivity index (χ0) is 33.8. The third-order valence-electron chi connectivity index (χ3n) is 11.8. The standard InChI is InChI=1S/C51H34/c1-51(2)45-25-13-24-43(48(45)49-37-18-7-5-16-35(37)36-17-6-12-23-42(36)50(49)51)47-40-21-10-8-19-38(40)46(39-20-9-11-22-41(39)47)33-29-28-32-27-26-31-14-3-4-15-34(31)44(32)30-33/h3-30H,1-2H3. The quantitative estimate of drug-likeness (QED) is 0.129. The van der Waals surface area contributed by atoms with Crippen molar-refractivity contribution in [2.75, 3.05) is 0 Å². The fourth-order valence-corrected chi connectivity index (χ4v) is 9.62. The molecule has 0 atom stereocenters. The minimum absolute atomic E-state index is 0.163. The second kappa shape index (κ2) is 10.4. The summed E-state index contributed by atoms with van der Waals surface area (Å²) in [4.78, 5) is 0. The molecule has 238 valence electrons. The molecule has 1 aliphatic carbocycles. The molecule has 0 aromatic heterocycles. The highest BCUT2D eigenvalue weighted by Gasteiger charge is 2.40.